The van der Waals surface area contributed by atoms with Crippen molar-refractivity contribution in [2.24, 2.45) is 0 Å². The van der Waals surface area contributed by atoms with E-state index in [1.54, 1.807) is 0 Å². The van der Waals surface area contributed by atoms with Gasteiger partial charge in [-0.25, -0.2) is 0 Å². The largest absolute Gasteiger partial charge is 0.496 e. The van der Waals surface area contributed by atoms with Crippen LogP contribution in [0, 0.1) is 0 Å². The van der Waals surface area contributed by atoms with Crippen LogP contribution in [0.3, 0.4) is 0 Å². The standard InChI is InChI=1S/C9H11IO5/c1-5(11)14-8-4-13-3-7(10)9(8)15-6(2)12/h3,8-9H,4H2,1-2H3/t8-,9+/m1/s1. The Bertz CT molecular complexity index is 299. The Morgan fingerprint density at radius 3 is 2.53 bits per heavy atom. The first-order valence-corrected chi connectivity index (χ1v) is 5.40. The van der Waals surface area contributed by atoms with Crippen molar-refractivity contribution in [1.29, 1.82) is 0 Å². The third kappa shape index (κ3) is 3.69. The Morgan fingerprint density at radius 2 is 2.00 bits per heavy atom. The predicted octanol–water partition coefficient (Wildman–Crippen LogP) is 1.16. The minimum absolute atomic E-state index is 0.198. The summed E-state index contributed by atoms with van der Waals surface area (Å²) in [6.07, 6.45) is 0.373. The number of hydrogen-bond acceptors (Lipinski definition) is 5. The van der Waals surface area contributed by atoms with E-state index in [0.717, 1.165) is 0 Å². The molecule has 0 aliphatic carbocycles. The summed E-state index contributed by atoms with van der Waals surface area (Å²) in [5.74, 6) is -0.839. The second kappa shape index (κ2) is 5.34. The molecular formula is C9H11IO5. The first-order valence-electron chi connectivity index (χ1n) is 4.32. The van der Waals surface area contributed by atoms with Crippen molar-refractivity contribution in [3.8, 4) is 0 Å². The van der Waals surface area contributed by atoms with Crippen LogP contribution in [0.1, 0.15) is 13.8 Å². The Kier molecular flexibility index (Phi) is 4.37. The fourth-order valence-corrected chi connectivity index (χ4v) is 1.88. The molecule has 0 unspecified atom stereocenters. The van der Waals surface area contributed by atoms with Crippen LogP contribution in [0.4, 0.5) is 0 Å². The third-order valence-corrected chi connectivity index (χ3v) is 2.54. The fourth-order valence-electron chi connectivity index (χ4n) is 1.17. The summed E-state index contributed by atoms with van der Waals surface area (Å²) in [7, 11) is 0. The van der Waals surface area contributed by atoms with Crippen LogP contribution in [0.15, 0.2) is 9.84 Å². The molecule has 0 aromatic rings. The number of halogens is 1. The molecule has 5 nitrogen and oxygen atoms in total. The molecule has 0 saturated heterocycles. The van der Waals surface area contributed by atoms with E-state index in [1.165, 1.54) is 20.1 Å². The minimum atomic E-state index is -0.566. The van der Waals surface area contributed by atoms with Gasteiger partial charge in [0.1, 0.15) is 6.61 Å². The van der Waals surface area contributed by atoms with Gasteiger partial charge in [-0.15, -0.1) is 0 Å². The van der Waals surface area contributed by atoms with E-state index < -0.39 is 24.1 Å². The number of esters is 2. The molecule has 0 aromatic carbocycles. The van der Waals surface area contributed by atoms with Gasteiger partial charge in [-0.05, 0) is 22.6 Å². The smallest absolute Gasteiger partial charge is 0.303 e. The maximum absolute atomic E-state index is 10.9. The highest BCUT2D eigenvalue weighted by atomic mass is 127. The van der Waals surface area contributed by atoms with Crippen molar-refractivity contribution in [3.05, 3.63) is 9.84 Å². The second-order valence-corrected chi connectivity index (χ2v) is 4.26. The number of hydrogen-bond donors (Lipinski definition) is 0. The number of ether oxygens (including phenoxy) is 3. The van der Waals surface area contributed by atoms with Gasteiger partial charge in [0.15, 0.2) is 12.2 Å². The number of rotatable bonds is 2. The molecular weight excluding hydrogens is 315 g/mol. The molecule has 0 bridgehead atoms. The molecule has 0 spiro atoms. The maximum atomic E-state index is 10.9. The summed E-state index contributed by atoms with van der Waals surface area (Å²) in [5.41, 5.74) is 0. The van der Waals surface area contributed by atoms with Crippen molar-refractivity contribution in [2.45, 2.75) is 26.1 Å². The van der Waals surface area contributed by atoms with Crippen LogP contribution in [0.5, 0.6) is 0 Å². The van der Waals surface area contributed by atoms with E-state index in [2.05, 4.69) is 0 Å². The lowest BCUT2D eigenvalue weighted by Gasteiger charge is -2.28. The van der Waals surface area contributed by atoms with Crippen molar-refractivity contribution in [1.82, 2.24) is 0 Å². The molecule has 0 fully saturated rings. The lowest BCUT2D eigenvalue weighted by atomic mass is 10.2. The van der Waals surface area contributed by atoms with Crippen molar-refractivity contribution >= 4 is 34.5 Å². The highest BCUT2D eigenvalue weighted by molar-refractivity contribution is 14.1. The summed E-state index contributed by atoms with van der Waals surface area (Å²) in [4.78, 5) is 21.7. The second-order valence-electron chi connectivity index (χ2n) is 3.01. The Balaban J connectivity index is 2.72. The highest BCUT2D eigenvalue weighted by Crippen LogP contribution is 2.25. The van der Waals surface area contributed by atoms with Crippen molar-refractivity contribution in [2.75, 3.05) is 6.61 Å². The highest BCUT2D eigenvalue weighted by Gasteiger charge is 2.33. The van der Waals surface area contributed by atoms with E-state index in [4.69, 9.17) is 14.2 Å². The molecule has 15 heavy (non-hydrogen) atoms. The van der Waals surface area contributed by atoms with Gasteiger partial charge in [-0.1, -0.05) is 0 Å². The van der Waals surface area contributed by atoms with Gasteiger partial charge in [0, 0.05) is 13.8 Å². The van der Waals surface area contributed by atoms with Crippen LogP contribution < -0.4 is 0 Å². The molecule has 1 heterocycles. The molecule has 0 saturated carbocycles. The van der Waals surface area contributed by atoms with E-state index in [-0.39, 0.29) is 6.61 Å². The molecule has 0 N–H and O–H groups in total. The zero-order valence-corrected chi connectivity index (χ0v) is 10.5. The van der Waals surface area contributed by atoms with Crippen molar-refractivity contribution in [3.63, 3.8) is 0 Å². The van der Waals surface area contributed by atoms with Crippen molar-refractivity contribution < 1.29 is 23.8 Å². The molecule has 1 rings (SSSR count). The van der Waals surface area contributed by atoms with E-state index in [0.29, 0.717) is 3.58 Å². The molecule has 0 radical (unpaired) electrons. The summed E-state index contributed by atoms with van der Waals surface area (Å²) in [5, 5.41) is 0. The molecule has 84 valence electrons. The van der Waals surface area contributed by atoms with Crippen LogP contribution in [-0.4, -0.2) is 30.8 Å². The van der Waals surface area contributed by atoms with Crippen LogP contribution >= 0.6 is 22.6 Å². The summed E-state index contributed by atoms with van der Waals surface area (Å²) in [6, 6.07) is 0. The molecule has 6 heteroatoms. The zero-order chi connectivity index (χ0) is 11.4. The lowest BCUT2D eigenvalue weighted by molar-refractivity contribution is -0.166. The van der Waals surface area contributed by atoms with Gasteiger partial charge >= 0.3 is 11.9 Å². The SMILES string of the molecule is CC(=O)O[C@@H]1COC=C(I)[C@@H]1OC(C)=O. The number of carbonyl (C=O) groups is 2. The van der Waals surface area contributed by atoms with Gasteiger partial charge in [0.2, 0.25) is 0 Å². The Labute approximate surface area is 101 Å². The van der Waals surface area contributed by atoms with Gasteiger partial charge in [-0.2, -0.15) is 0 Å². The van der Waals surface area contributed by atoms with Crippen LogP contribution in [0.25, 0.3) is 0 Å². The Hall–Kier alpha value is -0.790. The van der Waals surface area contributed by atoms with E-state index in [1.807, 2.05) is 22.6 Å². The average Bonchev–Trinajstić information content (AvgIpc) is 2.09. The predicted molar refractivity (Wildman–Crippen MR) is 59.2 cm³/mol. The quantitative estimate of drug-likeness (QED) is 0.563. The minimum Gasteiger partial charge on any atom is -0.496 e. The fraction of sp³-hybridized carbons (Fsp3) is 0.556. The average molecular weight is 326 g/mol. The topological polar surface area (TPSA) is 61.8 Å². The van der Waals surface area contributed by atoms with Gasteiger partial charge < -0.3 is 14.2 Å². The number of carbonyl (C=O) groups excluding carboxylic acids is 2. The molecule has 0 amide bonds. The first-order chi connectivity index (χ1) is 7.00. The summed E-state index contributed by atoms with van der Waals surface area (Å²) in [6.45, 7) is 2.81. The first kappa shape index (κ1) is 12.3. The van der Waals surface area contributed by atoms with Gasteiger partial charge in [-0.3, -0.25) is 9.59 Å². The normalized spacial score (nSPS) is 24.9. The van der Waals surface area contributed by atoms with Crippen LogP contribution in [-0.2, 0) is 23.8 Å². The molecule has 1 aliphatic rings. The summed E-state index contributed by atoms with van der Waals surface area (Å²) >= 11 is 1.98. The third-order valence-electron chi connectivity index (χ3n) is 1.68. The molecule has 0 aromatic heterocycles. The van der Waals surface area contributed by atoms with E-state index in [9.17, 15) is 9.59 Å². The van der Waals surface area contributed by atoms with Gasteiger partial charge in [0.25, 0.3) is 0 Å². The zero-order valence-electron chi connectivity index (χ0n) is 8.36. The molecule has 2 atom stereocenters. The molecule has 1 aliphatic heterocycles. The van der Waals surface area contributed by atoms with Gasteiger partial charge in [0.05, 0.1) is 9.84 Å². The van der Waals surface area contributed by atoms with E-state index >= 15 is 0 Å². The maximum Gasteiger partial charge on any atom is 0.303 e. The lowest BCUT2D eigenvalue weighted by Crippen LogP contribution is -2.40. The summed E-state index contributed by atoms with van der Waals surface area (Å²) < 4.78 is 15.8. The monoisotopic (exact) mass is 326 g/mol. The van der Waals surface area contributed by atoms with Crippen LogP contribution in [0.2, 0.25) is 0 Å². The Morgan fingerprint density at radius 1 is 1.40 bits per heavy atom.